The molecule has 1 heterocycles. The van der Waals surface area contributed by atoms with Gasteiger partial charge in [0, 0.05) is 5.69 Å². The van der Waals surface area contributed by atoms with E-state index < -0.39 is 30.4 Å². The number of carbonyl (C=O) groups is 3. The van der Waals surface area contributed by atoms with Crippen molar-refractivity contribution in [3.63, 3.8) is 0 Å². The van der Waals surface area contributed by atoms with Gasteiger partial charge in [0.05, 0.1) is 6.26 Å². The molecule has 0 aliphatic heterocycles. The molecule has 0 bridgehead atoms. The Morgan fingerprint density at radius 3 is 2.38 bits per heavy atom. The minimum absolute atomic E-state index is 0.0905. The third-order valence-corrected chi connectivity index (χ3v) is 3.73. The quantitative estimate of drug-likeness (QED) is 0.773. The molecular weight excluding hydrogens is 336 g/mol. The zero-order valence-corrected chi connectivity index (χ0v) is 15.2. The third kappa shape index (κ3) is 4.95. The summed E-state index contributed by atoms with van der Waals surface area (Å²) in [6.45, 7) is 6.80. The highest BCUT2D eigenvalue weighted by molar-refractivity contribution is 5.96. The second kappa shape index (κ2) is 8.33. The molecule has 0 fully saturated rings. The maximum Gasteiger partial charge on any atom is 0.328 e. The lowest BCUT2D eigenvalue weighted by Gasteiger charge is -2.14. The predicted octanol–water partition coefficient (Wildman–Crippen LogP) is 2.51. The number of aryl methyl sites for hydroxylation is 3. The van der Waals surface area contributed by atoms with Crippen molar-refractivity contribution in [1.29, 1.82) is 0 Å². The molecule has 0 aliphatic carbocycles. The molecule has 1 aromatic carbocycles. The summed E-state index contributed by atoms with van der Waals surface area (Å²) in [5.41, 5.74) is 3.67. The van der Waals surface area contributed by atoms with Crippen LogP contribution >= 0.6 is 0 Å². The molecule has 1 atom stereocenters. The number of furan rings is 1. The summed E-state index contributed by atoms with van der Waals surface area (Å²) in [4.78, 5) is 35.8. The lowest BCUT2D eigenvalue weighted by atomic mass is 10.1. The number of carbonyl (C=O) groups excluding carboxylic acids is 3. The first-order valence-corrected chi connectivity index (χ1v) is 8.16. The number of nitrogens with one attached hydrogen (secondary N) is 2. The Morgan fingerprint density at radius 1 is 1.15 bits per heavy atom. The maximum atomic E-state index is 12.0. The van der Waals surface area contributed by atoms with Crippen LogP contribution < -0.4 is 10.6 Å². The van der Waals surface area contributed by atoms with Crippen molar-refractivity contribution in [3.05, 3.63) is 53.0 Å². The highest BCUT2D eigenvalue weighted by Crippen LogP contribution is 2.21. The standard InChI is InChI=1S/C19H22N2O5/c1-11-8-12(2)17(13(3)9-11)21-16(22)10-26-19(24)14(4)20-18(23)15-6-5-7-25-15/h5-9,14H,10H2,1-4H3,(H,20,23)(H,21,22)/t14-/m0/s1. The van der Waals surface area contributed by atoms with Gasteiger partial charge in [-0.25, -0.2) is 4.79 Å². The van der Waals surface area contributed by atoms with Crippen LogP contribution in [-0.4, -0.2) is 30.4 Å². The van der Waals surface area contributed by atoms with Gasteiger partial charge >= 0.3 is 5.97 Å². The van der Waals surface area contributed by atoms with Crippen LogP contribution in [0.5, 0.6) is 0 Å². The van der Waals surface area contributed by atoms with E-state index in [4.69, 9.17) is 9.15 Å². The van der Waals surface area contributed by atoms with Crippen molar-refractivity contribution < 1.29 is 23.5 Å². The molecule has 7 nitrogen and oxygen atoms in total. The second-order valence-corrected chi connectivity index (χ2v) is 6.10. The first-order valence-electron chi connectivity index (χ1n) is 8.16. The van der Waals surface area contributed by atoms with Gasteiger partial charge in [-0.15, -0.1) is 0 Å². The Balaban J connectivity index is 1.85. The minimum Gasteiger partial charge on any atom is -0.459 e. The molecule has 0 unspecified atom stereocenters. The van der Waals surface area contributed by atoms with E-state index >= 15 is 0 Å². The number of esters is 1. The molecule has 7 heteroatoms. The Labute approximate surface area is 151 Å². The van der Waals surface area contributed by atoms with Crippen LogP contribution in [0.25, 0.3) is 0 Å². The van der Waals surface area contributed by atoms with Crippen LogP contribution in [0.15, 0.2) is 34.9 Å². The lowest BCUT2D eigenvalue weighted by Crippen LogP contribution is -2.40. The summed E-state index contributed by atoms with van der Waals surface area (Å²) in [6, 6.07) is 6.05. The number of rotatable bonds is 6. The number of ether oxygens (including phenoxy) is 1. The fraction of sp³-hybridized carbons (Fsp3) is 0.316. The fourth-order valence-electron chi connectivity index (χ4n) is 2.55. The lowest BCUT2D eigenvalue weighted by molar-refractivity contribution is -0.148. The van der Waals surface area contributed by atoms with E-state index in [0.29, 0.717) is 5.69 Å². The summed E-state index contributed by atoms with van der Waals surface area (Å²) in [6.07, 6.45) is 1.36. The largest absolute Gasteiger partial charge is 0.459 e. The van der Waals surface area contributed by atoms with E-state index in [1.165, 1.54) is 19.3 Å². The molecule has 138 valence electrons. The van der Waals surface area contributed by atoms with Crippen molar-refractivity contribution >= 4 is 23.5 Å². The van der Waals surface area contributed by atoms with Gasteiger partial charge in [0.15, 0.2) is 12.4 Å². The maximum absolute atomic E-state index is 12.0. The molecule has 2 aromatic rings. The van der Waals surface area contributed by atoms with Crippen LogP contribution in [0.3, 0.4) is 0 Å². The Bertz CT molecular complexity index is 788. The molecule has 0 saturated carbocycles. The van der Waals surface area contributed by atoms with Gasteiger partial charge in [-0.3, -0.25) is 9.59 Å². The van der Waals surface area contributed by atoms with E-state index in [2.05, 4.69) is 10.6 Å². The number of anilines is 1. The monoisotopic (exact) mass is 358 g/mol. The van der Waals surface area contributed by atoms with Gasteiger partial charge in [-0.2, -0.15) is 0 Å². The van der Waals surface area contributed by atoms with Gasteiger partial charge in [0.2, 0.25) is 0 Å². The molecule has 2 N–H and O–H groups in total. The van der Waals surface area contributed by atoms with Crippen LogP contribution in [-0.2, 0) is 14.3 Å². The van der Waals surface area contributed by atoms with Crippen molar-refractivity contribution in [2.24, 2.45) is 0 Å². The van der Waals surface area contributed by atoms with Crippen molar-refractivity contribution in [2.45, 2.75) is 33.7 Å². The first kappa shape index (κ1) is 19.2. The van der Waals surface area contributed by atoms with E-state index in [1.807, 2.05) is 32.9 Å². The summed E-state index contributed by atoms with van der Waals surface area (Å²) in [5.74, 6) is -1.60. The van der Waals surface area contributed by atoms with Gasteiger partial charge < -0.3 is 19.8 Å². The topological polar surface area (TPSA) is 97.6 Å². The molecule has 1 aromatic heterocycles. The number of amides is 2. The smallest absolute Gasteiger partial charge is 0.328 e. The van der Waals surface area contributed by atoms with E-state index in [-0.39, 0.29) is 5.76 Å². The summed E-state index contributed by atoms with van der Waals surface area (Å²) >= 11 is 0. The normalized spacial score (nSPS) is 11.5. The molecule has 0 saturated heterocycles. The summed E-state index contributed by atoms with van der Waals surface area (Å²) < 4.78 is 9.91. The Kier molecular flexibility index (Phi) is 6.16. The molecular formula is C19H22N2O5. The average molecular weight is 358 g/mol. The van der Waals surface area contributed by atoms with Crippen LogP contribution in [0.2, 0.25) is 0 Å². The van der Waals surface area contributed by atoms with Gasteiger partial charge in [-0.1, -0.05) is 17.7 Å². The Hall–Kier alpha value is -3.09. The van der Waals surface area contributed by atoms with E-state index in [1.54, 1.807) is 6.07 Å². The molecule has 2 rings (SSSR count). The molecule has 2 amide bonds. The zero-order valence-electron chi connectivity index (χ0n) is 15.2. The SMILES string of the molecule is Cc1cc(C)c(NC(=O)COC(=O)[C@H](C)NC(=O)c2ccco2)c(C)c1. The van der Waals surface area contributed by atoms with Crippen molar-refractivity contribution in [2.75, 3.05) is 11.9 Å². The van der Waals surface area contributed by atoms with E-state index in [9.17, 15) is 14.4 Å². The fourth-order valence-corrected chi connectivity index (χ4v) is 2.55. The number of benzene rings is 1. The molecule has 26 heavy (non-hydrogen) atoms. The highest BCUT2D eigenvalue weighted by atomic mass is 16.5. The summed E-state index contributed by atoms with van der Waals surface area (Å²) in [7, 11) is 0. The molecule has 0 radical (unpaired) electrons. The molecule has 0 aliphatic rings. The Morgan fingerprint density at radius 2 is 1.81 bits per heavy atom. The third-order valence-electron chi connectivity index (χ3n) is 3.73. The highest BCUT2D eigenvalue weighted by Gasteiger charge is 2.20. The van der Waals surface area contributed by atoms with Gasteiger partial charge in [-0.05, 0) is 51.0 Å². The van der Waals surface area contributed by atoms with Crippen molar-refractivity contribution in [1.82, 2.24) is 5.32 Å². The van der Waals surface area contributed by atoms with Crippen LogP contribution in [0.4, 0.5) is 5.69 Å². The second-order valence-electron chi connectivity index (χ2n) is 6.10. The average Bonchev–Trinajstić information content (AvgIpc) is 3.10. The number of hydrogen-bond acceptors (Lipinski definition) is 5. The summed E-state index contributed by atoms with van der Waals surface area (Å²) in [5, 5.41) is 5.19. The zero-order chi connectivity index (χ0) is 19.3. The van der Waals surface area contributed by atoms with Crippen LogP contribution in [0, 0.1) is 20.8 Å². The minimum atomic E-state index is -0.914. The van der Waals surface area contributed by atoms with Gasteiger partial charge in [0.25, 0.3) is 11.8 Å². The van der Waals surface area contributed by atoms with Crippen LogP contribution in [0.1, 0.15) is 34.2 Å². The van der Waals surface area contributed by atoms with E-state index in [0.717, 1.165) is 16.7 Å². The van der Waals surface area contributed by atoms with Gasteiger partial charge in [0.1, 0.15) is 6.04 Å². The van der Waals surface area contributed by atoms with Crippen molar-refractivity contribution in [3.8, 4) is 0 Å². The molecule has 0 spiro atoms. The predicted molar refractivity (Wildman–Crippen MR) is 95.9 cm³/mol. The number of hydrogen-bond donors (Lipinski definition) is 2. The first-order chi connectivity index (χ1) is 12.3.